The summed E-state index contributed by atoms with van der Waals surface area (Å²) in [7, 11) is 0. The minimum atomic E-state index is 0.216. The molecule has 25 heavy (non-hydrogen) atoms. The van der Waals surface area contributed by atoms with Crippen molar-refractivity contribution in [2.24, 2.45) is 0 Å². The highest BCUT2D eigenvalue weighted by molar-refractivity contribution is 5.59. The number of aromatic amines is 1. The van der Waals surface area contributed by atoms with E-state index < -0.39 is 0 Å². The smallest absolute Gasteiger partial charge is 0.185 e. The molecule has 4 aromatic heterocycles. The molecule has 4 heterocycles. The van der Waals surface area contributed by atoms with Crippen molar-refractivity contribution in [1.29, 1.82) is 0 Å². The third-order valence-electron chi connectivity index (χ3n) is 4.57. The van der Waals surface area contributed by atoms with Crippen LogP contribution in [0.2, 0.25) is 0 Å². The lowest BCUT2D eigenvalue weighted by molar-refractivity contribution is 0.592. The molecule has 1 aliphatic carbocycles. The number of aryl methyl sites for hydroxylation is 1. The molecule has 8 heteroatoms. The first-order valence-corrected chi connectivity index (χ1v) is 8.30. The zero-order valence-corrected chi connectivity index (χ0v) is 13.4. The molecule has 1 atom stereocenters. The molecule has 124 valence electrons. The van der Waals surface area contributed by atoms with Gasteiger partial charge in [0.2, 0.25) is 0 Å². The zero-order valence-electron chi connectivity index (χ0n) is 13.4. The predicted octanol–water partition coefficient (Wildman–Crippen LogP) is 2.40. The van der Waals surface area contributed by atoms with Gasteiger partial charge in [-0.15, -0.1) is 15.3 Å². The van der Waals surface area contributed by atoms with Gasteiger partial charge in [-0.1, -0.05) is 0 Å². The molecule has 0 radical (unpaired) electrons. The zero-order chi connectivity index (χ0) is 16.6. The lowest BCUT2D eigenvalue weighted by Gasteiger charge is -2.23. The highest BCUT2D eigenvalue weighted by Gasteiger charge is 2.22. The summed E-state index contributed by atoms with van der Waals surface area (Å²) in [5, 5.41) is 23.9. The summed E-state index contributed by atoms with van der Waals surface area (Å²) in [6.07, 6.45) is 8.63. The first kappa shape index (κ1) is 14.1. The Bertz CT molecular complexity index is 1020. The van der Waals surface area contributed by atoms with E-state index in [-0.39, 0.29) is 6.04 Å². The van der Waals surface area contributed by atoms with E-state index in [0.717, 1.165) is 30.6 Å². The number of nitrogens with one attached hydrogen (secondary N) is 2. The van der Waals surface area contributed by atoms with Crippen LogP contribution in [0.25, 0.3) is 17.0 Å². The van der Waals surface area contributed by atoms with Crippen LogP contribution in [-0.2, 0) is 6.42 Å². The molecule has 5 rings (SSSR count). The van der Waals surface area contributed by atoms with E-state index in [1.165, 1.54) is 11.3 Å². The molecule has 1 aliphatic rings. The normalized spacial score (nSPS) is 16.7. The highest BCUT2D eigenvalue weighted by Crippen LogP contribution is 2.30. The van der Waals surface area contributed by atoms with Gasteiger partial charge in [0, 0.05) is 29.2 Å². The molecule has 8 nitrogen and oxygen atoms in total. The molecule has 0 bridgehead atoms. The number of pyridine rings is 1. The number of hydrogen-bond acceptors (Lipinski definition) is 6. The standard InChI is InChI=1S/C17H16N8/c1-2-13(12-10-19-21-14(12)3-1)20-15-4-5-16-22-23-17(25(16)24-15)11-6-8-18-9-7-11/h4-10,13H,1-3H2,(H,19,21)(H,20,24). The molecular formula is C17H16N8. The third kappa shape index (κ3) is 2.42. The Kier molecular flexibility index (Phi) is 3.19. The Balaban J connectivity index is 1.51. The van der Waals surface area contributed by atoms with Gasteiger partial charge in [0.05, 0.1) is 12.2 Å². The largest absolute Gasteiger partial charge is 0.362 e. The Labute approximate surface area is 143 Å². The van der Waals surface area contributed by atoms with Crippen molar-refractivity contribution < 1.29 is 0 Å². The summed E-state index contributed by atoms with van der Waals surface area (Å²) in [5.41, 5.74) is 4.09. The SMILES string of the molecule is c1cc(-c2nnc3ccc(NC4CCCc5[nH]ncc54)nn23)ccn1. The Morgan fingerprint density at radius 3 is 2.96 bits per heavy atom. The van der Waals surface area contributed by atoms with Crippen molar-refractivity contribution in [3.8, 4) is 11.4 Å². The van der Waals surface area contributed by atoms with Crippen LogP contribution >= 0.6 is 0 Å². The van der Waals surface area contributed by atoms with E-state index in [4.69, 9.17) is 5.10 Å². The van der Waals surface area contributed by atoms with Gasteiger partial charge in [-0.2, -0.15) is 9.61 Å². The molecule has 0 spiro atoms. The Morgan fingerprint density at radius 2 is 2.04 bits per heavy atom. The minimum Gasteiger partial charge on any atom is -0.362 e. The Hall–Kier alpha value is -3.29. The van der Waals surface area contributed by atoms with Gasteiger partial charge in [0.25, 0.3) is 0 Å². The molecule has 2 N–H and O–H groups in total. The van der Waals surface area contributed by atoms with Crippen molar-refractivity contribution in [2.45, 2.75) is 25.3 Å². The average molecular weight is 332 g/mol. The maximum atomic E-state index is 4.69. The van der Waals surface area contributed by atoms with Gasteiger partial charge in [-0.25, -0.2) is 0 Å². The number of anilines is 1. The summed E-state index contributed by atoms with van der Waals surface area (Å²) in [5.74, 6) is 1.50. The van der Waals surface area contributed by atoms with Gasteiger partial charge in [0.1, 0.15) is 5.82 Å². The summed E-state index contributed by atoms with van der Waals surface area (Å²) < 4.78 is 1.76. The van der Waals surface area contributed by atoms with Crippen LogP contribution in [0, 0.1) is 0 Å². The van der Waals surface area contributed by atoms with Crippen molar-refractivity contribution in [2.75, 3.05) is 5.32 Å². The van der Waals surface area contributed by atoms with Crippen LogP contribution in [0.4, 0.5) is 5.82 Å². The van der Waals surface area contributed by atoms with Crippen LogP contribution < -0.4 is 5.32 Å². The van der Waals surface area contributed by atoms with Crippen molar-refractivity contribution in [1.82, 2.24) is 35.0 Å². The summed E-state index contributed by atoms with van der Waals surface area (Å²) in [6.45, 7) is 0. The molecule has 0 aromatic carbocycles. The lowest BCUT2D eigenvalue weighted by Crippen LogP contribution is -2.17. The summed E-state index contributed by atoms with van der Waals surface area (Å²) in [6, 6.07) is 7.88. The molecule has 0 saturated carbocycles. The fourth-order valence-electron chi connectivity index (χ4n) is 3.34. The van der Waals surface area contributed by atoms with Crippen LogP contribution in [0.15, 0.2) is 42.9 Å². The van der Waals surface area contributed by atoms with Gasteiger partial charge < -0.3 is 5.32 Å². The fourth-order valence-corrected chi connectivity index (χ4v) is 3.34. The molecule has 0 amide bonds. The van der Waals surface area contributed by atoms with Gasteiger partial charge in [-0.3, -0.25) is 10.1 Å². The van der Waals surface area contributed by atoms with Crippen molar-refractivity contribution in [3.05, 3.63) is 54.1 Å². The highest BCUT2D eigenvalue weighted by atomic mass is 15.4. The molecule has 4 aromatic rings. The molecular weight excluding hydrogens is 316 g/mol. The molecule has 0 fully saturated rings. The average Bonchev–Trinajstić information content (AvgIpc) is 3.29. The van der Waals surface area contributed by atoms with Crippen molar-refractivity contribution >= 4 is 11.5 Å². The van der Waals surface area contributed by atoms with E-state index in [0.29, 0.717) is 11.5 Å². The quantitative estimate of drug-likeness (QED) is 0.598. The molecule has 0 saturated heterocycles. The summed E-state index contributed by atoms with van der Waals surface area (Å²) >= 11 is 0. The number of rotatable bonds is 3. The van der Waals surface area contributed by atoms with E-state index in [1.54, 1.807) is 16.9 Å². The number of H-pyrrole nitrogens is 1. The fraction of sp³-hybridized carbons (Fsp3) is 0.235. The van der Waals surface area contributed by atoms with E-state index in [2.05, 4.69) is 30.7 Å². The number of fused-ring (bicyclic) bond motifs is 2. The summed E-state index contributed by atoms with van der Waals surface area (Å²) in [4.78, 5) is 4.05. The number of hydrogen-bond donors (Lipinski definition) is 2. The van der Waals surface area contributed by atoms with Crippen LogP contribution in [0.1, 0.15) is 30.1 Å². The molecule has 0 aliphatic heterocycles. The lowest BCUT2D eigenvalue weighted by atomic mass is 9.93. The van der Waals surface area contributed by atoms with Gasteiger partial charge in [-0.05, 0) is 43.5 Å². The second-order valence-corrected chi connectivity index (χ2v) is 6.14. The second-order valence-electron chi connectivity index (χ2n) is 6.14. The van der Waals surface area contributed by atoms with Gasteiger partial charge >= 0.3 is 0 Å². The number of aromatic nitrogens is 7. The van der Waals surface area contributed by atoms with Crippen LogP contribution in [0.5, 0.6) is 0 Å². The van der Waals surface area contributed by atoms with E-state index in [9.17, 15) is 0 Å². The minimum absolute atomic E-state index is 0.216. The van der Waals surface area contributed by atoms with E-state index in [1.807, 2.05) is 30.5 Å². The first-order chi connectivity index (χ1) is 12.4. The van der Waals surface area contributed by atoms with Gasteiger partial charge in [0.15, 0.2) is 11.5 Å². The predicted molar refractivity (Wildman–Crippen MR) is 91.9 cm³/mol. The maximum Gasteiger partial charge on any atom is 0.185 e. The van der Waals surface area contributed by atoms with Crippen molar-refractivity contribution in [3.63, 3.8) is 0 Å². The third-order valence-corrected chi connectivity index (χ3v) is 4.57. The Morgan fingerprint density at radius 1 is 1.12 bits per heavy atom. The first-order valence-electron chi connectivity index (χ1n) is 8.30. The monoisotopic (exact) mass is 332 g/mol. The number of nitrogens with zero attached hydrogens (tertiary/aromatic N) is 6. The topological polar surface area (TPSA) is 96.7 Å². The van der Waals surface area contributed by atoms with E-state index >= 15 is 0 Å². The maximum absolute atomic E-state index is 4.69. The van der Waals surface area contributed by atoms with Crippen LogP contribution in [-0.4, -0.2) is 35.0 Å². The molecule has 1 unspecified atom stereocenters. The second kappa shape index (κ2) is 5.66. The van der Waals surface area contributed by atoms with Crippen LogP contribution in [0.3, 0.4) is 0 Å².